The van der Waals surface area contributed by atoms with Gasteiger partial charge in [0.05, 0.1) is 12.2 Å². The number of esters is 1. The number of carbonyl (C=O) groups excluding carboxylic acids is 2. The van der Waals surface area contributed by atoms with Crippen LogP contribution >= 0.6 is 11.3 Å². The maximum absolute atomic E-state index is 12.1. The van der Waals surface area contributed by atoms with E-state index in [0.29, 0.717) is 16.4 Å². The van der Waals surface area contributed by atoms with E-state index in [9.17, 15) is 9.59 Å². The molecular weight excluding hydrogens is 292 g/mol. The maximum Gasteiger partial charge on any atom is 0.341 e. The number of thiophene rings is 1. The lowest BCUT2D eigenvalue weighted by Gasteiger charge is -2.03. The molecule has 0 atom stereocenters. The highest BCUT2D eigenvalue weighted by molar-refractivity contribution is 7.16. The van der Waals surface area contributed by atoms with Crippen molar-refractivity contribution in [3.63, 3.8) is 0 Å². The number of ether oxygens (including phenoxy) is 1. The summed E-state index contributed by atoms with van der Waals surface area (Å²) in [4.78, 5) is 28.9. The molecule has 0 unspecified atom stereocenters. The first-order valence-corrected chi connectivity index (χ1v) is 7.37. The van der Waals surface area contributed by atoms with Gasteiger partial charge in [-0.2, -0.15) is 0 Å². The Morgan fingerprint density at radius 1 is 1.43 bits per heavy atom. The number of aromatic amines is 1. The Kier molecular flexibility index (Phi) is 4.69. The van der Waals surface area contributed by atoms with Crippen LogP contribution in [0.3, 0.4) is 0 Å². The van der Waals surface area contributed by atoms with Gasteiger partial charge in [-0.3, -0.25) is 9.89 Å². The Morgan fingerprint density at radius 3 is 2.76 bits per heavy atom. The molecule has 7 nitrogen and oxygen atoms in total. The molecule has 112 valence electrons. The summed E-state index contributed by atoms with van der Waals surface area (Å²) in [6.45, 7) is 5.70. The quantitative estimate of drug-likeness (QED) is 0.825. The zero-order valence-corrected chi connectivity index (χ0v) is 12.8. The van der Waals surface area contributed by atoms with Gasteiger partial charge in [-0.1, -0.05) is 6.92 Å². The zero-order chi connectivity index (χ0) is 15.4. The fraction of sp³-hybridized carbons (Fsp3) is 0.385. The Hall–Kier alpha value is -2.22. The molecule has 0 aliphatic rings. The molecule has 0 saturated heterocycles. The zero-order valence-electron chi connectivity index (χ0n) is 12.0. The molecule has 8 heteroatoms. The van der Waals surface area contributed by atoms with Gasteiger partial charge < -0.3 is 10.1 Å². The third-order valence-corrected chi connectivity index (χ3v) is 3.85. The highest BCUT2D eigenvalue weighted by Gasteiger charge is 2.20. The Labute approximate surface area is 125 Å². The minimum absolute atomic E-state index is 0.0359. The van der Waals surface area contributed by atoms with Crippen LogP contribution in [-0.2, 0) is 11.2 Å². The Bertz CT molecular complexity index is 662. The van der Waals surface area contributed by atoms with E-state index in [1.807, 2.05) is 6.92 Å². The van der Waals surface area contributed by atoms with E-state index in [-0.39, 0.29) is 12.4 Å². The standard InChI is InChI=1S/C13H16N4O3S/c1-4-8-6-9(13(19)20-5-2)12(21-8)15-11(18)10-14-7(3)16-17-10/h6H,4-5H2,1-3H3,(H,15,18)(H,14,16,17). The van der Waals surface area contributed by atoms with Crippen LogP contribution in [0.2, 0.25) is 0 Å². The molecule has 0 fully saturated rings. The average Bonchev–Trinajstić information content (AvgIpc) is 3.05. The summed E-state index contributed by atoms with van der Waals surface area (Å²) in [6.07, 6.45) is 0.771. The summed E-state index contributed by atoms with van der Waals surface area (Å²) >= 11 is 1.34. The van der Waals surface area contributed by atoms with Crippen LogP contribution in [0.5, 0.6) is 0 Å². The predicted octanol–water partition coefficient (Wildman–Crippen LogP) is 2.17. The molecular formula is C13H16N4O3S. The van der Waals surface area contributed by atoms with Crippen molar-refractivity contribution in [2.75, 3.05) is 11.9 Å². The summed E-state index contributed by atoms with van der Waals surface area (Å²) in [6, 6.07) is 1.74. The predicted molar refractivity (Wildman–Crippen MR) is 78.7 cm³/mol. The maximum atomic E-state index is 12.1. The van der Waals surface area contributed by atoms with Gasteiger partial charge in [0.2, 0.25) is 5.82 Å². The molecule has 0 aliphatic carbocycles. The molecule has 2 rings (SSSR count). The number of amides is 1. The Balaban J connectivity index is 2.24. The molecule has 2 aromatic heterocycles. The van der Waals surface area contributed by atoms with Crippen LogP contribution in [0.15, 0.2) is 6.07 Å². The molecule has 0 aliphatic heterocycles. The number of nitrogens with zero attached hydrogens (tertiary/aromatic N) is 2. The first-order valence-electron chi connectivity index (χ1n) is 6.55. The van der Waals surface area contributed by atoms with E-state index in [4.69, 9.17) is 4.74 Å². The number of carbonyl (C=O) groups is 2. The van der Waals surface area contributed by atoms with Gasteiger partial charge in [-0.15, -0.1) is 16.4 Å². The summed E-state index contributed by atoms with van der Waals surface area (Å²) in [5.74, 6) is -0.329. The number of hydrogen-bond donors (Lipinski definition) is 2. The third kappa shape index (κ3) is 3.46. The van der Waals surface area contributed by atoms with Gasteiger partial charge in [-0.25, -0.2) is 9.78 Å². The van der Waals surface area contributed by atoms with E-state index >= 15 is 0 Å². The lowest BCUT2D eigenvalue weighted by Crippen LogP contribution is -2.15. The highest BCUT2D eigenvalue weighted by atomic mass is 32.1. The molecule has 2 heterocycles. The van der Waals surface area contributed by atoms with E-state index < -0.39 is 11.9 Å². The van der Waals surface area contributed by atoms with E-state index in [2.05, 4.69) is 20.5 Å². The van der Waals surface area contributed by atoms with Crippen LogP contribution in [0.1, 0.15) is 45.5 Å². The van der Waals surface area contributed by atoms with E-state index in [0.717, 1.165) is 11.3 Å². The second-order valence-electron chi connectivity index (χ2n) is 4.23. The molecule has 1 amide bonds. The van der Waals surface area contributed by atoms with Crippen molar-refractivity contribution in [2.45, 2.75) is 27.2 Å². The number of hydrogen-bond acceptors (Lipinski definition) is 6. The molecule has 0 bridgehead atoms. The summed E-state index contributed by atoms with van der Waals surface area (Å²) in [5.41, 5.74) is 0.360. The number of anilines is 1. The summed E-state index contributed by atoms with van der Waals surface area (Å²) in [7, 11) is 0. The number of rotatable bonds is 5. The van der Waals surface area contributed by atoms with Gasteiger partial charge in [0.1, 0.15) is 10.8 Å². The van der Waals surface area contributed by atoms with Gasteiger partial charge in [0.25, 0.3) is 5.91 Å². The smallest absolute Gasteiger partial charge is 0.341 e. The largest absolute Gasteiger partial charge is 0.462 e. The summed E-state index contributed by atoms with van der Waals surface area (Å²) in [5, 5.41) is 9.51. The molecule has 2 aromatic rings. The number of nitrogens with one attached hydrogen (secondary N) is 2. The lowest BCUT2D eigenvalue weighted by atomic mass is 10.2. The highest BCUT2D eigenvalue weighted by Crippen LogP contribution is 2.29. The minimum Gasteiger partial charge on any atom is -0.462 e. The van der Waals surface area contributed by atoms with Crippen molar-refractivity contribution in [1.82, 2.24) is 15.2 Å². The van der Waals surface area contributed by atoms with Gasteiger partial charge in [0, 0.05) is 4.88 Å². The fourth-order valence-electron chi connectivity index (χ4n) is 1.67. The molecule has 0 spiro atoms. The molecule has 0 aromatic carbocycles. The topological polar surface area (TPSA) is 97.0 Å². The van der Waals surface area contributed by atoms with Crippen LogP contribution < -0.4 is 5.32 Å². The van der Waals surface area contributed by atoms with Crippen LogP contribution in [0.4, 0.5) is 5.00 Å². The second kappa shape index (κ2) is 6.49. The molecule has 0 radical (unpaired) electrons. The fourth-order valence-corrected chi connectivity index (χ4v) is 2.65. The van der Waals surface area contributed by atoms with Crippen LogP contribution in [0.25, 0.3) is 0 Å². The van der Waals surface area contributed by atoms with E-state index in [1.54, 1.807) is 19.9 Å². The number of aryl methyl sites for hydroxylation is 2. The average molecular weight is 308 g/mol. The normalized spacial score (nSPS) is 10.4. The molecule has 0 saturated carbocycles. The van der Waals surface area contributed by atoms with Crippen LogP contribution in [-0.4, -0.2) is 33.7 Å². The van der Waals surface area contributed by atoms with Crippen molar-refractivity contribution >= 4 is 28.2 Å². The summed E-state index contributed by atoms with van der Waals surface area (Å²) < 4.78 is 5.00. The number of aromatic nitrogens is 3. The minimum atomic E-state index is -0.464. The number of H-pyrrole nitrogens is 1. The van der Waals surface area contributed by atoms with Gasteiger partial charge >= 0.3 is 5.97 Å². The van der Waals surface area contributed by atoms with Crippen molar-refractivity contribution in [2.24, 2.45) is 0 Å². The van der Waals surface area contributed by atoms with Gasteiger partial charge in [-0.05, 0) is 26.3 Å². The molecule has 21 heavy (non-hydrogen) atoms. The SMILES string of the molecule is CCOC(=O)c1cc(CC)sc1NC(=O)c1n[nH]c(C)n1. The van der Waals surface area contributed by atoms with Crippen molar-refractivity contribution in [3.05, 3.63) is 28.2 Å². The second-order valence-corrected chi connectivity index (χ2v) is 5.36. The molecule has 2 N–H and O–H groups in total. The first-order chi connectivity index (χ1) is 10.0. The van der Waals surface area contributed by atoms with Crippen LogP contribution in [0, 0.1) is 6.92 Å². The van der Waals surface area contributed by atoms with Crippen molar-refractivity contribution in [3.8, 4) is 0 Å². The van der Waals surface area contributed by atoms with Crippen molar-refractivity contribution < 1.29 is 14.3 Å². The van der Waals surface area contributed by atoms with Crippen molar-refractivity contribution in [1.29, 1.82) is 0 Å². The lowest BCUT2D eigenvalue weighted by molar-refractivity contribution is 0.0528. The van der Waals surface area contributed by atoms with E-state index in [1.165, 1.54) is 11.3 Å². The monoisotopic (exact) mass is 308 g/mol. The Morgan fingerprint density at radius 2 is 2.19 bits per heavy atom. The third-order valence-electron chi connectivity index (χ3n) is 2.65. The van der Waals surface area contributed by atoms with Gasteiger partial charge in [0.15, 0.2) is 0 Å². The first kappa shape index (κ1) is 15.2.